The Labute approximate surface area is 78.1 Å². The minimum Gasteiger partial charge on any atom is -0.495 e. The Morgan fingerprint density at radius 3 is 3.23 bits per heavy atom. The van der Waals surface area contributed by atoms with Crippen molar-refractivity contribution in [3.63, 3.8) is 0 Å². The third kappa shape index (κ3) is 1.65. The van der Waals surface area contributed by atoms with Gasteiger partial charge in [-0.25, -0.2) is 0 Å². The lowest BCUT2D eigenvalue weighted by atomic mass is 9.99. The van der Waals surface area contributed by atoms with E-state index in [1.54, 1.807) is 13.3 Å². The summed E-state index contributed by atoms with van der Waals surface area (Å²) in [7, 11) is 1.70. The first-order valence-corrected chi connectivity index (χ1v) is 4.60. The van der Waals surface area contributed by atoms with Crippen LogP contribution in [-0.4, -0.2) is 25.2 Å². The van der Waals surface area contributed by atoms with Crippen LogP contribution in [0, 0.1) is 0 Å². The predicted octanol–water partition coefficient (Wildman–Crippen LogP) is 1.17. The molecule has 13 heavy (non-hydrogen) atoms. The van der Waals surface area contributed by atoms with Crippen molar-refractivity contribution in [2.24, 2.45) is 0 Å². The fourth-order valence-electron chi connectivity index (χ4n) is 1.82. The van der Waals surface area contributed by atoms with Crippen molar-refractivity contribution < 1.29 is 4.74 Å². The summed E-state index contributed by atoms with van der Waals surface area (Å²) in [6.07, 6.45) is 4.81. The molecular formula is C10H14N2O. The van der Waals surface area contributed by atoms with Crippen LogP contribution in [-0.2, 0) is 0 Å². The molecule has 1 aliphatic rings. The minimum absolute atomic E-state index is 0.595. The van der Waals surface area contributed by atoms with Crippen LogP contribution in [0.1, 0.15) is 17.9 Å². The van der Waals surface area contributed by atoms with Gasteiger partial charge in [0, 0.05) is 24.2 Å². The van der Waals surface area contributed by atoms with Gasteiger partial charge in [-0.05, 0) is 19.0 Å². The van der Waals surface area contributed by atoms with Gasteiger partial charge in [0.25, 0.3) is 0 Å². The number of rotatable bonds is 2. The summed E-state index contributed by atoms with van der Waals surface area (Å²) < 4.78 is 5.27. The standard InChI is InChI=1S/C10H14N2O/c1-13-10-7-12-5-3-9(10)8-2-4-11-6-8/h3,5,7-8,11H,2,4,6H2,1H3. The highest BCUT2D eigenvalue weighted by Crippen LogP contribution is 2.29. The van der Waals surface area contributed by atoms with Gasteiger partial charge in [-0.2, -0.15) is 0 Å². The third-order valence-corrected chi connectivity index (χ3v) is 2.54. The van der Waals surface area contributed by atoms with Crippen LogP contribution in [0.25, 0.3) is 0 Å². The number of ether oxygens (including phenoxy) is 1. The van der Waals surface area contributed by atoms with E-state index in [4.69, 9.17) is 4.74 Å². The highest BCUT2D eigenvalue weighted by molar-refractivity contribution is 5.34. The molecule has 0 aliphatic carbocycles. The van der Waals surface area contributed by atoms with Crippen molar-refractivity contribution in [1.82, 2.24) is 10.3 Å². The van der Waals surface area contributed by atoms with E-state index in [2.05, 4.69) is 16.4 Å². The first-order valence-electron chi connectivity index (χ1n) is 4.60. The molecule has 0 bridgehead atoms. The highest BCUT2D eigenvalue weighted by Gasteiger charge is 2.19. The molecule has 1 saturated heterocycles. The van der Waals surface area contributed by atoms with Crippen molar-refractivity contribution in [2.45, 2.75) is 12.3 Å². The summed E-state index contributed by atoms with van der Waals surface area (Å²) in [5.41, 5.74) is 1.28. The lowest BCUT2D eigenvalue weighted by Crippen LogP contribution is -2.08. The first kappa shape index (κ1) is 8.51. The fraction of sp³-hybridized carbons (Fsp3) is 0.500. The Bertz CT molecular complexity index is 282. The molecule has 0 amide bonds. The lowest BCUT2D eigenvalue weighted by molar-refractivity contribution is 0.404. The molecule has 1 fully saturated rings. The maximum atomic E-state index is 5.27. The first-order chi connectivity index (χ1) is 6.42. The molecule has 3 nitrogen and oxygen atoms in total. The van der Waals surface area contributed by atoms with Gasteiger partial charge in [-0.15, -0.1) is 0 Å². The second kappa shape index (κ2) is 3.75. The normalized spacial score (nSPS) is 21.8. The van der Waals surface area contributed by atoms with E-state index in [0.717, 1.165) is 18.8 Å². The Kier molecular flexibility index (Phi) is 2.45. The van der Waals surface area contributed by atoms with Crippen molar-refractivity contribution in [2.75, 3.05) is 20.2 Å². The van der Waals surface area contributed by atoms with E-state index >= 15 is 0 Å². The maximum Gasteiger partial charge on any atom is 0.140 e. The second-order valence-electron chi connectivity index (χ2n) is 3.31. The van der Waals surface area contributed by atoms with Gasteiger partial charge in [0.05, 0.1) is 13.3 Å². The number of pyridine rings is 1. The summed E-state index contributed by atoms with van der Waals surface area (Å²) in [5.74, 6) is 1.51. The summed E-state index contributed by atoms with van der Waals surface area (Å²) in [5, 5.41) is 3.35. The summed E-state index contributed by atoms with van der Waals surface area (Å²) in [4.78, 5) is 4.04. The molecule has 0 aromatic carbocycles. The number of methoxy groups -OCH3 is 1. The van der Waals surface area contributed by atoms with Crippen LogP contribution in [0.2, 0.25) is 0 Å². The van der Waals surface area contributed by atoms with Crippen LogP contribution in [0.3, 0.4) is 0 Å². The van der Waals surface area contributed by atoms with Crippen molar-refractivity contribution in [3.05, 3.63) is 24.0 Å². The molecule has 3 heteroatoms. The molecule has 1 unspecified atom stereocenters. The number of nitrogens with zero attached hydrogens (tertiary/aromatic N) is 1. The van der Waals surface area contributed by atoms with E-state index in [1.807, 2.05) is 6.20 Å². The average Bonchev–Trinajstić information content (AvgIpc) is 2.70. The zero-order chi connectivity index (χ0) is 9.10. The minimum atomic E-state index is 0.595. The van der Waals surface area contributed by atoms with E-state index in [1.165, 1.54) is 12.0 Å². The molecule has 1 aromatic heterocycles. The maximum absolute atomic E-state index is 5.27. The molecule has 1 atom stereocenters. The quantitative estimate of drug-likeness (QED) is 0.738. The number of aromatic nitrogens is 1. The second-order valence-corrected chi connectivity index (χ2v) is 3.31. The van der Waals surface area contributed by atoms with E-state index in [9.17, 15) is 0 Å². The number of hydrogen-bond acceptors (Lipinski definition) is 3. The summed E-state index contributed by atoms with van der Waals surface area (Å²) in [6, 6.07) is 2.05. The Hall–Kier alpha value is -1.09. The molecular weight excluding hydrogens is 164 g/mol. The van der Waals surface area contributed by atoms with Gasteiger partial charge in [0.2, 0.25) is 0 Å². The molecule has 1 N–H and O–H groups in total. The molecule has 70 valence electrons. The molecule has 2 heterocycles. The van der Waals surface area contributed by atoms with Crippen LogP contribution >= 0.6 is 0 Å². The van der Waals surface area contributed by atoms with E-state index < -0.39 is 0 Å². The van der Waals surface area contributed by atoms with Gasteiger partial charge in [0.15, 0.2) is 0 Å². The molecule has 1 aliphatic heterocycles. The van der Waals surface area contributed by atoms with Crippen LogP contribution < -0.4 is 10.1 Å². The van der Waals surface area contributed by atoms with Gasteiger partial charge in [0.1, 0.15) is 5.75 Å². The summed E-state index contributed by atoms with van der Waals surface area (Å²) in [6.45, 7) is 2.16. The molecule has 0 radical (unpaired) electrons. The topological polar surface area (TPSA) is 34.1 Å². The van der Waals surface area contributed by atoms with Crippen LogP contribution in [0.15, 0.2) is 18.5 Å². The van der Waals surface area contributed by atoms with Crippen molar-refractivity contribution in [3.8, 4) is 5.75 Å². The van der Waals surface area contributed by atoms with E-state index in [0.29, 0.717) is 5.92 Å². The molecule has 0 spiro atoms. The van der Waals surface area contributed by atoms with Gasteiger partial charge >= 0.3 is 0 Å². The zero-order valence-electron chi connectivity index (χ0n) is 7.79. The molecule has 0 saturated carbocycles. The average molecular weight is 178 g/mol. The van der Waals surface area contributed by atoms with Crippen LogP contribution in [0.4, 0.5) is 0 Å². The third-order valence-electron chi connectivity index (χ3n) is 2.54. The largest absolute Gasteiger partial charge is 0.495 e. The Morgan fingerprint density at radius 2 is 2.54 bits per heavy atom. The highest BCUT2D eigenvalue weighted by atomic mass is 16.5. The molecule has 2 rings (SSSR count). The van der Waals surface area contributed by atoms with Gasteiger partial charge < -0.3 is 10.1 Å². The SMILES string of the molecule is COc1cnccc1C1CCNC1. The molecule has 1 aromatic rings. The number of nitrogens with one attached hydrogen (secondary N) is 1. The zero-order valence-corrected chi connectivity index (χ0v) is 7.79. The van der Waals surface area contributed by atoms with Crippen molar-refractivity contribution >= 4 is 0 Å². The number of hydrogen-bond donors (Lipinski definition) is 1. The van der Waals surface area contributed by atoms with Crippen LogP contribution in [0.5, 0.6) is 5.75 Å². The summed E-state index contributed by atoms with van der Waals surface area (Å²) >= 11 is 0. The monoisotopic (exact) mass is 178 g/mol. The smallest absolute Gasteiger partial charge is 0.140 e. The Morgan fingerprint density at radius 1 is 1.62 bits per heavy atom. The van der Waals surface area contributed by atoms with Gasteiger partial charge in [-0.3, -0.25) is 4.98 Å². The van der Waals surface area contributed by atoms with Gasteiger partial charge in [-0.1, -0.05) is 0 Å². The Balaban J connectivity index is 2.26. The van der Waals surface area contributed by atoms with Crippen molar-refractivity contribution in [1.29, 1.82) is 0 Å². The predicted molar refractivity (Wildman–Crippen MR) is 51.0 cm³/mol. The fourth-order valence-corrected chi connectivity index (χ4v) is 1.82. The van der Waals surface area contributed by atoms with E-state index in [-0.39, 0.29) is 0 Å². The lowest BCUT2D eigenvalue weighted by Gasteiger charge is -2.12.